The van der Waals surface area contributed by atoms with E-state index in [1.54, 1.807) is 19.5 Å². The van der Waals surface area contributed by atoms with Gasteiger partial charge in [-0.15, -0.1) is 0 Å². The number of rotatable bonds is 8. The number of hydrogen-bond acceptors (Lipinski definition) is 9. The third-order valence-electron chi connectivity index (χ3n) is 6.87. The molecule has 2 aromatic carbocycles. The summed E-state index contributed by atoms with van der Waals surface area (Å²) >= 11 is 6.41. The number of hydrogen-bond donors (Lipinski definition) is 2. The van der Waals surface area contributed by atoms with Crippen molar-refractivity contribution in [1.29, 1.82) is 0 Å². The molecular formula is C27H35ClN7O2P. The predicted molar refractivity (Wildman–Crippen MR) is 157 cm³/mol. The fourth-order valence-electron chi connectivity index (χ4n) is 4.88. The number of nitrogens with one attached hydrogen (secondary N) is 2. The van der Waals surface area contributed by atoms with Crippen molar-refractivity contribution < 1.29 is 9.30 Å². The smallest absolute Gasteiger partial charge is 0.229 e. The first kappa shape index (κ1) is 26.8. The lowest BCUT2D eigenvalue weighted by Gasteiger charge is -2.45. The summed E-state index contributed by atoms with van der Waals surface area (Å²) in [5.74, 6) is 1.69. The zero-order chi connectivity index (χ0) is 26.9. The molecule has 3 heterocycles. The molecule has 1 saturated heterocycles. The Morgan fingerprint density at radius 3 is 2.76 bits per heavy atom. The van der Waals surface area contributed by atoms with Crippen LogP contribution in [0.5, 0.6) is 5.75 Å². The molecule has 3 aromatic rings. The lowest BCUT2D eigenvalue weighted by Crippen LogP contribution is -2.57. The Morgan fingerprint density at radius 2 is 1.97 bits per heavy atom. The fraction of sp³-hybridized carbons (Fsp3) is 0.407. The zero-order valence-electron chi connectivity index (χ0n) is 22.3. The van der Waals surface area contributed by atoms with Gasteiger partial charge in [-0.25, -0.2) is 4.98 Å². The van der Waals surface area contributed by atoms with Gasteiger partial charge < -0.3 is 29.7 Å². The minimum Gasteiger partial charge on any atom is -0.489 e. The number of anilines is 5. The largest absolute Gasteiger partial charge is 0.489 e. The molecule has 2 aliphatic heterocycles. The van der Waals surface area contributed by atoms with Crippen molar-refractivity contribution in [3.05, 3.63) is 53.7 Å². The molecule has 1 atom stereocenters. The van der Waals surface area contributed by atoms with Crippen molar-refractivity contribution in [3.63, 3.8) is 0 Å². The van der Waals surface area contributed by atoms with Crippen LogP contribution >= 0.6 is 18.7 Å². The summed E-state index contributed by atoms with van der Waals surface area (Å²) in [6.07, 6.45) is 1.55. The molecule has 38 heavy (non-hydrogen) atoms. The molecule has 0 unspecified atom stereocenters. The van der Waals surface area contributed by atoms with Crippen LogP contribution in [0.3, 0.4) is 0 Å². The van der Waals surface area contributed by atoms with E-state index in [1.165, 1.54) is 0 Å². The summed E-state index contributed by atoms with van der Waals surface area (Å²) < 4.78 is 19.0. The van der Waals surface area contributed by atoms with Crippen molar-refractivity contribution in [2.24, 2.45) is 0 Å². The molecule has 11 heteroatoms. The Kier molecular flexibility index (Phi) is 7.82. The topological polar surface area (TPSA) is 85.9 Å². The SMILES string of the molecule is CN(C)CCN1CCN2c3ccc(Nc4ncc(Cl)c(Nc5ccccc5P(C)(C)=O)n4)cc3OC[C@@H]2C1. The molecule has 0 saturated carbocycles. The van der Waals surface area contributed by atoms with Crippen LogP contribution in [-0.4, -0.2) is 92.6 Å². The van der Waals surface area contributed by atoms with Gasteiger partial charge in [-0.2, -0.15) is 4.98 Å². The van der Waals surface area contributed by atoms with E-state index in [1.807, 2.05) is 36.4 Å². The molecule has 0 spiro atoms. The first-order chi connectivity index (χ1) is 18.2. The van der Waals surface area contributed by atoms with Crippen LogP contribution in [-0.2, 0) is 4.57 Å². The van der Waals surface area contributed by atoms with E-state index in [0.717, 1.165) is 55.2 Å². The number of halogens is 1. The van der Waals surface area contributed by atoms with E-state index in [4.69, 9.17) is 16.3 Å². The Morgan fingerprint density at radius 1 is 1.16 bits per heavy atom. The summed E-state index contributed by atoms with van der Waals surface area (Å²) in [5, 5.41) is 7.63. The van der Waals surface area contributed by atoms with Gasteiger partial charge in [0.15, 0.2) is 5.82 Å². The first-order valence-corrected chi connectivity index (χ1v) is 15.8. The lowest BCUT2D eigenvalue weighted by molar-refractivity contribution is 0.158. The highest BCUT2D eigenvalue weighted by Crippen LogP contribution is 2.39. The van der Waals surface area contributed by atoms with Gasteiger partial charge in [0.2, 0.25) is 5.95 Å². The number of aromatic nitrogens is 2. The van der Waals surface area contributed by atoms with E-state index in [-0.39, 0.29) is 0 Å². The Balaban J connectivity index is 1.29. The highest BCUT2D eigenvalue weighted by Gasteiger charge is 2.32. The van der Waals surface area contributed by atoms with Gasteiger partial charge >= 0.3 is 0 Å². The van der Waals surface area contributed by atoms with Gasteiger partial charge in [-0.3, -0.25) is 4.90 Å². The summed E-state index contributed by atoms with van der Waals surface area (Å²) in [5.41, 5.74) is 2.66. The minimum absolute atomic E-state index is 0.356. The first-order valence-electron chi connectivity index (χ1n) is 12.8. The third-order valence-corrected chi connectivity index (χ3v) is 8.70. The lowest BCUT2D eigenvalue weighted by atomic mass is 10.1. The normalized spacial score (nSPS) is 17.5. The van der Waals surface area contributed by atoms with Crippen molar-refractivity contribution in [1.82, 2.24) is 19.8 Å². The second-order valence-corrected chi connectivity index (χ2v) is 14.0. The quantitative estimate of drug-likeness (QED) is 0.395. The van der Waals surface area contributed by atoms with Crippen molar-refractivity contribution in [2.45, 2.75) is 6.04 Å². The van der Waals surface area contributed by atoms with E-state index >= 15 is 0 Å². The molecule has 5 rings (SSSR count). The molecule has 202 valence electrons. The Bertz CT molecular complexity index is 1350. The van der Waals surface area contributed by atoms with Crippen molar-refractivity contribution >= 4 is 52.9 Å². The number of nitrogens with zero attached hydrogens (tertiary/aromatic N) is 5. The summed E-state index contributed by atoms with van der Waals surface area (Å²) in [6, 6.07) is 14.0. The van der Waals surface area contributed by atoms with Gasteiger partial charge in [0.1, 0.15) is 24.5 Å². The Hall–Kier alpha value is -2.84. The van der Waals surface area contributed by atoms with Crippen LogP contribution < -0.4 is 25.6 Å². The van der Waals surface area contributed by atoms with Crippen molar-refractivity contribution in [3.8, 4) is 5.75 Å². The number of likely N-dealkylation sites (N-methyl/N-ethyl adjacent to an activating group) is 1. The summed E-state index contributed by atoms with van der Waals surface area (Å²) in [7, 11) is 1.74. The van der Waals surface area contributed by atoms with E-state index in [0.29, 0.717) is 35.1 Å². The van der Waals surface area contributed by atoms with Crippen LogP contribution in [0.15, 0.2) is 48.7 Å². The Labute approximate surface area is 229 Å². The highest BCUT2D eigenvalue weighted by molar-refractivity contribution is 7.70. The van der Waals surface area contributed by atoms with E-state index in [9.17, 15) is 4.57 Å². The molecule has 1 aromatic heterocycles. The fourth-order valence-corrected chi connectivity index (χ4v) is 6.17. The number of piperazine rings is 1. The van der Waals surface area contributed by atoms with Gasteiger partial charge in [0, 0.05) is 49.8 Å². The second-order valence-electron chi connectivity index (χ2n) is 10.5. The maximum Gasteiger partial charge on any atom is 0.229 e. The van der Waals surface area contributed by atoms with Gasteiger partial charge in [0.25, 0.3) is 0 Å². The van der Waals surface area contributed by atoms with Gasteiger partial charge in [-0.05, 0) is 51.7 Å². The van der Waals surface area contributed by atoms with Gasteiger partial charge in [-0.1, -0.05) is 23.7 Å². The maximum atomic E-state index is 12.8. The molecule has 9 nitrogen and oxygen atoms in total. The molecule has 1 fully saturated rings. The average molecular weight is 556 g/mol. The van der Waals surface area contributed by atoms with Crippen LogP contribution in [0.25, 0.3) is 0 Å². The molecular weight excluding hydrogens is 521 g/mol. The maximum absolute atomic E-state index is 12.8. The van der Waals surface area contributed by atoms with E-state index in [2.05, 4.69) is 55.5 Å². The molecule has 0 bridgehead atoms. The third kappa shape index (κ3) is 6.07. The molecule has 0 aliphatic carbocycles. The zero-order valence-corrected chi connectivity index (χ0v) is 24.0. The minimum atomic E-state index is -2.49. The van der Waals surface area contributed by atoms with Crippen LogP contribution in [0, 0.1) is 0 Å². The van der Waals surface area contributed by atoms with Crippen LogP contribution in [0.1, 0.15) is 0 Å². The number of benzene rings is 2. The van der Waals surface area contributed by atoms with Crippen LogP contribution in [0.4, 0.5) is 28.8 Å². The van der Waals surface area contributed by atoms with Crippen molar-refractivity contribution in [2.75, 3.05) is 82.3 Å². The predicted octanol–water partition coefficient (Wildman–Crippen LogP) is 4.31. The van der Waals surface area contributed by atoms with Gasteiger partial charge in [0.05, 0.1) is 23.6 Å². The molecule has 2 aliphatic rings. The average Bonchev–Trinajstić information content (AvgIpc) is 2.88. The second kappa shape index (κ2) is 11.1. The summed E-state index contributed by atoms with van der Waals surface area (Å²) in [4.78, 5) is 16.2. The number of para-hydroxylation sites is 1. The highest BCUT2D eigenvalue weighted by atomic mass is 35.5. The standard InChI is InChI=1S/C27H35ClN7O2P/c1-33(2)11-12-34-13-14-35-20(17-34)18-37-24-15-19(9-10-23(24)35)30-27-29-16-21(28)26(32-27)31-22-7-5-6-8-25(22)38(3,4)36/h5-10,15-16,20H,11-14,17-18H2,1-4H3,(H2,29,30,31,32)/t20-/m0/s1. The monoisotopic (exact) mass is 555 g/mol. The molecule has 0 radical (unpaired) electrons. The molecule has 0 amide bonds. The summed E-state index contributed by atoms with van der Waals surface area (Å²) in [6.45, 7) is 9.34. The molecule has 2 N–H and O–H groups in total. The number of fused-ring (bicyclic) bond motifs is 3. The van der Waals surface area contributed by atoms with E-state index < -0.39 is 7.14 Å². The number of ether oxygens (including phenoxy) is 1. The van der Waals surface area contributed by atoms with Crippen LogP contribution in [0.2, 0.25) is 5.02 Å².